The van der Waals surface area contributed by atoms with Crippen molar-refractivity contribution < 1.29 is 13.2 Å². The van der Waals surface area contributed by atoms with E-state index in [-0.39, 0.29) is 19.0 Å². The van der Waals surface area contributed by atoms with Crippen LogP contribution in [0.25, 0.3) is 0 Å². The van der Waals surface area contributed by atoms with Gasteiger partial charge in [-0.05, 0) is 50.5 Å². The number of carbonyl (C=O) groups is 1. The molecule has 8 heteroatoms. The van der Waals surface area contributed by atoms with E-state index in [0.29, 0.717) is 35.8 Å². The van der Waals surface area contributed by atoms with Crippen molar-refractivity contribution in [3.8, 4) is 0 Å². The van der Waals surface area contributed by atoms with Gasteiger partial charge in [-0.3, -0.25) is 9.48 Å². The standard InChI is InChI=1S/C25H30N4O3S/c1-18-10-11-19(2)23(16-18)33(31,32)28-14-12-27(13-15-28)25(30)24-20(3)26-29(21(24)4)17-22-8-6-5-7-9-22/h5-11,16H,12-15,17H2,1-4H3. The van der Waals surface area contributed by atoms with Crippen LogP contribution in [0, 0.1) is 27.7 Å². The minimum absolute atomic E-state index is 0.0897. The van der Waals surface area contributed by atoms with Crippen molar-refractivity contribution in [2.45, 2.75) is 39.1 Å². The number of benzene rings is 2. The van der Waals surface area contributed by atoms with Crippen molar-refractivity contribution in [3.05, 3.63) is 82.2 Å². The van der Waals surface area contributed by atoms with Crippen molar-refractivity contribution in [2.75, 3.05) is 26.2 Å². The van der Waals surface area contributed by atoms with E-state index >= 15 is 0 Å². The van der Waals surface area contributed by atoms with Crippen LogP contribution in [0.4, 0.5) is 0 Å². The number of hydrogen-bond acceptors (Lipinski definition) is 4. The smallest absolute Gasteiger partial charge is 0.257 e. The van der Waals surface area contributed by atoms with E-state index in [2.05, 4.69) is 5.10 Å². The molecular formula is C25H30N4O3S. The summed E-state index contributed by atoms with van der Waals surface area (Å²) >= 11 is 0. The number of amides is 1. The number of carbonyl (C=O) groups excluding carboxylic acids is 1. The third-order valence-electron chi connectivity index (χ3n) is 6.26. The summed E-state index contributed by atoms with van der Waals surface area (Å²) in [4.78, 5) is 15.4. The average molecular weight is 467 g/mol. The molecule has 0 bridgehead atoms. The lowest BCUT2D eigenvalue weighted by molar-refractivity contribution is 0.0696. The van der Waals surface area contributed by atoms with Crippen LogP contribution in [0.1, 0.15) is 38.4 Å². The van der Waals surface area contributed by atoms with Crippen LogP contribution in [-0.4, -0.2) is 59.5 Å². The maximum Gasteiger partial charge on any atom is 0.257 e. The van der Waals surface area contributed by atoms with Crippen LogP contribution in [0.2, 0.25) is 0 Å². The van der Waals surface area contributed by atoms with E-state index in [1.165, 1.54) is 4.31 Å². The Morgan fingerprint density at radius 2 is 1.61 bits per heavy atom. The van der Waals surface area contributed by atoms with Gasteiger partial charge in [-0.2, -0.15) is 9.40 Å². The first-order chi connectivity index (χ1) is 15.7. The second-order valence-electron chi connectivity index (χ2n) is 8.65. The molecule has 2 heterocycles. The molecule has 4 rings (SSSR count). The van der Waals surface area contributed by atoms with Gasteiger partial charge in [0.25, 0.3) is 5.91 Å². The molecule has 0 atom stereocenters. The Balaban J connectivity index is 1.48. The van der Waals surface area contributed by atoms with Crippen LogP contribution in [0.5, 0.6) is 0 Å². The summed E-state index contributed by atoms with van der Waals surface area (Å²) < 4.78 is 29.7. The highest BCUT2D eigenvalue weighted by atomic mass is 32.2. The molecule has 1 aliphatic rings. The summed E-state index contributed by atoms with van der Waals surface area (Å²) in [7, 11) is -3.60. The maximum absolute atomic E-state index is 13.3. The molecule has 33 heavy (non-hydrogen) atoms. The fourth-order valence-corrected chi connectivity index (χ4v) is 6.06. The van der Waals surface area contributed by atoms with E-state index in [4.69, 9.17) is 0 Å². The van der Waals surface area contributed by atoms with Crippen molar-refractivity contribution >= 4 is 15.9 Å². The molecule has 0 spiro atoms. The molecule has 0 radical (unpaired) electrons. The van der Waals surface area contributed by atoms with Crippen molar-refractivity contribution in [1.82, 2.24) is 19.0 Å². The molecule has 174 valence electrons. The molecule has 0 aliphatic carbocycles. The molecule has 1 aliphatic heterocycles. The van der Waals surface area contributed by atoms with Gasteiger partial charge in [-0.15, -0.1) is 0 Å². The fourth-order valence-electron chi connectivity index (χ4n) is 4.33. The molecular weight excluding hydrogens is 436 g/mol. The SMILES string of the molecule is Cc1ccc(C)c(S(=O)(=O)N2CCN(C(=O)c3c(C)nn(Cc4ccccc4)c3C)CC2)c1. The van der Waals surface area contributed by atoms with Crippen LogP contribution in [0.15, 0.2) is 53.4 Å². The first kappa shape index (κ1) is 23.2. The third kappa shape index (κ3) is 4.58. The molecule has 7 nitrogen and oxygen atoms in total. The van der Waals surface area contributed by atoms with E-state index in [1.54, 1.807) is 11.0 Å². The molecule has 0 N–H and O–H groups in total. The number of sulfonamides is 1. The van der Waals surface area contributed by atoms with Crippen LogP contribution in [-0.2, 0) is 16.6 Å². The zero-order valence-electron chi connectivity index (χ0n) is 19.6. The van der Waals surface area contributed by atoms with Gasteiger partial charge in [0.1, 0.15) is 0 Å². The highest BCUT2D eigenvalue weighted by Gasteiger charge is 2.33. The summed E-state index contributed by atoms with van der Waals surface area (Å²) in [5.74, 6) is -0.0897. The number of aryl methyl sites for hydroxylation is 3. The second-order valence-corrected chi connectivity index (χ2v) is 10.6. The van der Waals surface area contributed by atoms with E-state index in [9.17, 15) is 13.2 Å². The van der Waals surface area contributed by atoms with Crippen molar-refractivity contribution in [2.24, 2.45) is 0 Å². The number of nitrogens with zero attached hydrogens (tertiary/aromatic N) is 4. The highest BCUT2D eigenvalue weighted by Crippen LogP contribution is 2.24. The lowest BCUT2D eigenvalue weighted by Crippen LogP contribution is -2.50. The quantitative estimate of drug-likeness (QED) is 0.578. The fraction of sp³-hybridized carbons (Fsp3) is 0.360. The molecule has 3 aromatic rings. The number of hydrogen-bond donors (Lipinski definition) is 0. The van der Waals surface area contributed by atoms with Gasteiger partial charge in [0.15, 0.2) is 0 Å². The monoisotopic (exact) mass is 466 g/mol. The Kier molecular flexibility index (Phi) is 6.41. The Morgan fingerprint density at radius 3 is 2.27 bits per heavy atom. The van der Waals surface area contributed by atoms with Gasteiger partial charge in [0.2, 0.25) is 10.0 Å². The molecule has 1 fully saturated rings. The molecule has 1 saturated heterocycles. The Hall–Kier alpha value is -2.97. The zero-order chi connectivity index (χ0) is 23.8. The Labute approximate surface area is 195 Å². The lowest BCUT2D eigenvalue weighted by Gasteiger charge is -2.34. The third-order valence-corrected chi connectivity index (χ3v) is 8.30. The molecule has 0 saturated carbocycles. The van der Waals surface area contributed by atoms with Gasteiger partial charge in [-0.25, -0.2) is 8.42 Å². The van der Waals surface area contributed by atoms with Gasteiger partial charge < -0.3 is 4.90 Å². The largest absolute Gasteiger partial charge is 0.336 e. The van der Waals surface area contributed by atoms with Gasteiger partial charge in [0, 0.05) is 31.9 Å². The zero-order valence-corrected chi connectivity index (χ0v) is 20.4. The van der Waals surface area contributed by atoms with Crippen molar-refractivity contribution in [1.29, 1.82) is 0 Å². The van der Waals surface area contributed by atoms with Crippen LogP contribution < -0.4 is 0 Å². The summed E-state index contributed by atoms with van der Waals surface area (Å²) in [6, 6.07) is 15.5. The first-order valence-electron chi connectivity index (χ1n) is 11.1. The summed E-state index contributed by atoms with van der Waals surface area (Å²) in [6.07, 6.45) is 0. The van der Waals surface area contributed by atoms with Crippen molar-refractivity contribution in [3.63, 3.8) is 0 Å². The van der Waals surface area contributed by atoms with E-state index in [0.717, 1.165) is 22.4 Å². The van der Waals surface area contributed by atoms with Gasteiger partial charge in [0.05, 0.1) is 22.7 Å². The number of piperazine rings is 1. The van der Waals surface area contributed by atoms with Gasteiger partial charge >= 0.3 is 0 Å². The highest BCUT2D eigenvalue weighted by molar-refractivity contribution is 7.89. The predicted molar refractivity (Wildman–Crippen MR) is 128 cm³/mol. The Morgan fingerprint density at radius 1 is 0.939 bits per heavy atom. The summed E-state index contributed by atoms with van der Waals surface area (Å²) in [5, 5.41) is 4.60. The molecule has 1 amide bonds. The molecule has 0 unspecified atom stereocenters. The predicted octanol–water partition coefficient (Wildman–Crippen LogP) is 3.31. The minimum Gasteiger partial charge on any atom is -0.336 e. The molecule has 2 aromatic carbocycles. The summed E-state index contributed by atoms with van der Waals surface area (Å²) in [5.41, 5.74) is 4.89. The van der Waals surface area contributed by atoms with Crippen LogP contribution >= 0.6 is 0 Å². The average Bonchev–Trinajstić information content (AvgIpc) is 3.08. The number of aromatic nitrogens is 2. The minimum atomic E-state index is -3.60. The van der Waals surface area contributed by atoms with Crippen LogP contribution in [0.3, 0.4) is 0 Å². The topological polar surface area (TPSA) is 75.5 Å². The van der Waals surface area contributed by atoms with E-state index in [1.807, 2.05) is 74.8 Å². The summed E-state index contributed by atoms with van der Waals surface area (Å²) in [6.45, 7) is 9.32. The first-order valence-corrected chi connectivity index (χ1v) is 12.6. The van der Waals surface area contributed by atoms with Gasteiger partial charge in [-0.1, -0.05) is 42.5 Å². The lowest BCUT2D eigenvalue weighted by atomic mass is 10.1. The normalized spacial score (nSPS) is 15.1. The molecule has 1 aromatic heterocycles. The Bertz CT molecular complexity index is 1270. The van der Waals surface area contributed by atoms with E-state index < -0.39 is 10.0 Å². The number of rotatable bonds is 5. The maximum atomic E-state index is 13.3. The second kappa shape index (κ2) is 9.11.